The Hall–Kier alpha value is -1.97. The van der Waals surface area contributed by atoms with E-state index in [4.69, 9.17) is 5.73 Å². The Bertz CT molecular complexity index is 665. The van der Waals surface area contributed by atoms with Crippen molar-refractivity contribution in [3.63, 3.8) is 0 Å². The highest BCUT2D eigenvalue weighted by atomic mass is 16.1. The molecule has 2 N–H and O–H groups in total. The van der Waals surface area contributed by atoms with Gasteiger partial charge in [0, 0.05) is 6.54 Å². The van der Waals surface area contributed by atoms with Gasteiger partial charge in [0.1, 0.15) is 5.69 Å². The van der Waals surface area contributed by atoms with Crippen LogP contribution in [-0.4, -0.2) is 9.36 Å². The number of nitrogens with two attached hydrogens (primary N) is 1. The van der Waals surface area contributed by atoms with Crippen LogP contribution in [0, 0.1) is 6.92 Å². The van der Waals surface area contributed by atoms with Crippen LogP contribution in [0.2, 0.25) is 0 Å². The minimum Gasteiger partial charge on any atom is -0.393 e. The van der Waals surface area contributed by atoms with Gasteiger partial charge in [-0.1, -0.05) is 39.0 Å². The van der Waals surface area contributed by atoms with Crippen LogP contribution in [0.15, 0.2) is 29.1 Å². The monoisotopic (exact) mass is 273 g/mol. The van der Waals surface area contributed by atoms with Crippen LogP contribution in [0.4, 0.5) is 5.69 Å². The fourth-order valence-corrected chi connectivity index (χ4v) is 2.66. The average molecular weight is 273 g/mol. The number of anilines is 1. The van der Waals surface area contributed by atoms with Gasteiger partial charge in [0.2, 0.25) is 0 Å². The van der Waals surface area contributed by atoms with Crippen LogP contribution in [0.25, 0.3) is 5.69 Å². The van der Waals surface area contributed by atoms with Crippen molar-refractivity contribution in [2.24, 2.45) is 0 Å². The Kier molecular flexibility index (Phi) is 4.02. The summed E-state index contributed by atoms with van der Waals surface area (Å²) in [7, 11) is 0. The first-order valence-electron chi connectivity index (χ1n) is 7.16. The molecule has 0 saturated heterocycles. The largest absolute Gasteiger partial charge is 0.393 e. The summed E-state index contributed by atoms with van der Waals surface area (Å²) in [5.41, 5.74) is 9.23. The van der Waals surface area contributed by atoms with Crippen molar-refractivity contribution in [3.05, 3.63) is 45.9 Å². The molecule has 1 aromatic carbocycles. The number of nitrogens with zero attached hydrogens (tertiary/aromatic N) is 2. The quantitative estimate of drug-likeness (QED) is 0.930. The van der Waals surface area contributed by atoms with E-state index in [2.05, 4.69) is 20.8 Å². The zero-order valence-corrected chi connectivity index (χ0v) is 12.7. The van der Waals surface area contributed by atoms with E-state index in [-0.39, 0.29) is 11.5 Å². The van der Waals surface area contributed by atoms with Gasteiger partial charge >= 0.3 is 0 Å². The predicted molar refractivity (Wildman–Crippen MR) is 83.6 cm³/mol. The van der Waals surface area contributed by atoms with Crippen molar-refractivity contribution in [3.8, 4) is 5.69 Å². The molecule has 4 heteroatoms. The number of benzene rings is 1. The Balaban J connectivity index is 2.79. The fourth-order valence-electron chi connectivity index (χ4n) is 2.66. The summed E-state index contributed by atoms with van der Waals surface area (Å²) >= 11 is 0. The molecule has 0 aliphatic carbocycles. The predicted octanol–water partition coefficient (Wildman–Crippen LogP) is 3.06. The van der Waals surface area contributed by atoms with Crippen molar-refractivity contribution in [1.29, 1.82) is 0 Å². The summed E-state index contributed by atoms with van der Waals surface area (Å²) in [6.07, 6.45) is 0.958. The Morgan fingerprint density at radius 1 is 1.25 bits per heavy atom. The number of rotatable bonds is 4. The number of aryl methyl sites for hydroxylation is 1. The first-order valence-corrected chi connectivity index (χ1v) is 7.16. The normalized spacial score (nSPS) is 11.2. The summed E-state index contributed by atoms with van der Waals surface area (Å²) in [5.74, 6) is 0.222. The van der Waals surface area contributed by atoms with Crippen LogP contribution < -0.4 is 11.3 Å². The molecule has 1 aromatic heterocycles. The Morgan fingerprint density at radius 2 is 1.90 bits per heavy atom. The Labute approximate surface area is 119 Å². The van der Waals surface area contributed by atoms with Gasteiger partial charge in [-0.3, -0.25) is 9.48 Å². The molecule has 20 heavy (non-hydrogen) atoms. The number of hydrogen-bond acceptors (Lipinski definition) is 2. The average Bonchev–Trinajstić information content (AvgIpc) is 2.63. The zero-order valence-electron chi connectivity index (χ0n) is 12.7. The van der Waals surface area contributed by atoms with Gasteiger partial charge in [0.15, 0.2) is 0 Å². The topological polar surface area (TPSA) is 52.9 Å². The smallest absolute Gasteiger partial charge is 0.294 e. The number of hydrogen-bond donors (Lipinski definition) is 1. The zero-order chi connectivity index (χ0) is 14.9. The minimum absolute atomic E-state index is 0.114. The molecule has 0 unspecified atom stereocenters. The highest BCUT2D eigenvalue weighted by molar-refractivity contribution is 5.48. The van der Waals surface area contributed by atoms with Crippen LogP contribution >= 0.6 is 0 Å². The van der Waals surface area contributed by atoms with Gasteiger partial charge in [-0.15, -0.1) is 0 Å². The number of nitrogen functional groups attached to an aromatic ring is 1. The van der Waals surface area contributed by atoms with Gasteiger partial charge in [-0.25, -0.2) is 4.68 Å². The third-order valence-corrected chi connectivity index (χ3v) is 3.54. The second kappa shape index (κ2) is 5.57. The molecule has 0 amide bonds. The highest BCUT2D eigenvalue weighted by Gasteiger charge is 2.21. The second-order valence-corrected chi connectivity index (χ2v) is 5.48. The lowest BCUT2D eigenvalue weighted by Crippen LogP contribution is -2.23. The maximum atomic E-state index is 12.6. The molecule has 0 aliphatic rings. The van der Waals surface area contributed by atoms with E-state index in [9.17, 15) is 4.79 Å². The molecule has 1 heterocycles. The van der Waals surface area contributed by atoms with E-state index in [0.717, 1.165) is 29.9 Å². The van der Waals surface area contributed by atoms with Crippen molar-refractivity contribution in [2.45, 2.75) is 46.6 Å². The van der Waals surface area contributed by atoms with Crippen molar-refractivity contribution >= 4 is 5.69 Å². The van der Waals surface area contributed by atoms with E-state index in [0.29, 0.717) is 5.69 Å². The summed E-state index contributed by atoms with van der Waals surface area (Å²) in [6, 6.07) is 7.90. The molecule has 0 atom stereocenters. The molecule has 0 saturated carbocycles. The number of para-hydroxylation sites is 1. The first kappa shape index (κ1) is 14.4. The highest BCUT2D eigenvalue weighted by Crippen LogP contribution is 2.23. The molecule has 0 aliphatic heterocycles. The second-order valence-electron chi connectivity index (χ2n) is 5.48. The van der Waals surface area contributed by atoms with Crippen LogP contribution in [0.1, 0.15) is 44.4 Å². The molecule has 2 rings (SSSR count). The van der Waals surface area contributed by atoms with Crippen LogP contribution in [0.3, 0.4) is 0 Å². The molecule has 2 aromatic rings. The van der Waals surface area contributed by atoms with E-state index < -0.39 is 0 Å². The maximum Gasteiger partial charge on any atom is 0.294 e. The fraction of sp³-hybridized carbons (Fsp3) is 0.438. The molecule has 108 valence electrons. The summed E-state index contributed by atoms with van der Waals surface area (Å²) in [4.78, 5) is 12.6. The molecular weight excluding hydrogens is 250 g/mol. The van der Waals surface area contributed by atoms with Gasteiger partial charge in [-0.05, 0) is 30.9 Å². The van der Waals surface area contributed by atoms with E-state index in [1.165, 1.54) is 0 Å². The van der Waals surface area contributed by atoms with Crippen molar-refractivity contribution in [2.75, 3.05) is 5.73 Å². The summed E-state index contributed by atoms with van der Waals surface area (Å²) < 4.78 is 3.76. The first-order chi connectivity index (χ1) is 9.49. The summed E-state index contributed by atoms with van der Waals surface area (Å²) in [6.45, 7) is 9.04. The lowest BCUT2D eigenvalue weighted by Gasteiger charge is -2.17. The van der Waals surface area contributed by atoms with E-state index in [1.807, 2.05) is 35.9 Å². The van der Waals surface area contributed by atoms with E-state index >= 15 is 0 Å². The van der Waals surface area contributed by atoms with Crippen LogP contribution in [-0.2, 0) is 6.54 Å². The molecule has 0 fully saturated rings. The van der Waals surface area contributed by atoms with Gasteiger partial charge in [0.05, 0.1) is 11.4 Å². The lowest BCUT2D eigenvalue weighted by molar-refractivity contribution is 0.502. The van der Waals surface area contributed by atoms with Gasteiger partial charge in [-0.2, -0.15) is 0 Å². The standard InChI is InChI=1S/C16H23N3O/c1-5-10-18-15(11(2)3)14(17)16(20)19(18)13-9-7-6-8-12(13)4/h6-9,11H,5,10,17H2,1-4H3. The lowest BCUT2D eigenvalue weighted by atomic mass is 10.1. The van der Waals surface area contributed by atoms with Crippen molar-refractivity contribution < 1.29 is 0 Å². The number of aromatic nitrogens is 2. The maximum absolute atomic E-state index is 12.6. The SMILES string of the molecule is CCCn1c(C(C)C)c(N)c(=O)n1-c1ccccc1C. The molecular formula is C16H23N3O. The van der Waals surface area contributed by atoms with Crippen molar-refractivity contribution in [1.82, 2.24) is 9.36 Å². The van der Waals surface area contributed by atoms with Gasteiger partial charge in [0.25, 0.3) is 5.56 Å². The van der Waals surface area contributed by atoms with Gasteiger partial charge < -0.3 is 5.73 Å². The molecule has 0 spiro atoms. The summed E-state index contributed by atoms with van der Waals surface area (Å²) in [5, 5.41) is 0. The molecule has 0 bridgehead atoms. The third-order valence-electron chi connectivity index (χ3n) is 3.54. The Morgan fingerprint density at radius 3 is 2.45 bits per heavy atom. The molecule has 0 radical (unpaired) electrons. The third kappa shape index (κ3) is 2.26. The van der Waals surface area contributed by atoms with Crippen LogP contribution in [0.5, 0.6) is 0 Å². The molecule has 4 nitrogen and oxygen atoms in total. The van der Waals surface area contributed by atoms with E-state index in [1.54, 1.807) is 4.68 Å². The minimum atomic E-state index is -0.114.